The van der Waals surface area contributed by atoms with Crippen LogP contribution in [0.2, 0.25) is 0 Å². The summed E-state index contributed by atoms with van der Waals surface area (Å²) in [7, 11) is 1.45. The van der Waals surface area contributed by atoms with Crippen LogP contribution in [-0.2, 0) is 0 Å². The molecule has 0 aromatic carbocycles. The van der Waals surface area contributed by atoms with Gasteiger partial charge in [0.05, 0.1) is 19.2 Å². The SMILES string of the molecule is COc1cc(N(CC#N)CC#N)nc(N)n1. The molecule has 0 fully saturated rings. The van der Waals surface area contributed by atoms with Crippen LogP contribution in [0.15, 0.2) is 6.07 Å². The Bertz CT molecular complexity index is 430. The lowest BCUT2D eigenvalue weighted by atomic mass is 10.4. The molecule has 0 spiro atoms. The minimum atomic E-state index is 0.0372. The number of nitrogen functional groups attached to an aromatic ring is 1. The van der Waals surface area contributed by atoms with Crippen molar-refractivity contribution in [2.45, 2.75) is 0 Å². The zero-order valence-electron chi connectivity index (χ0n) is 8.71. The van der Waals surface area contributed by atoms with Crippen molar-refractivity contribution in [3.63, 3.8) is 0 Å². The van der Waals surface area contributed by atoms with E-state index in [-0.39, 0.29) is 19.0 Å². The summed E-state index contributed by atoms with van der Waals surface area (Å²) in [6.07, 6.45) is 0. The summed E-state index contributed by atoms with van der Waals surface area (Å²) in [5.74, 6) is 0.728. The number of ether oxygens (including phenoxy) is 1. The van der Waals surface area contributed by atoms with Crippen LogP contribution in [0.1, 0.15) is 0 Å². The number of nitrogens with two attached hydrogens (primary N) is 1. The highest BCUT2D eigenvalue weighted by Crippen LogP contribution is 2.17. The largest absolute Gasteiger partial charge is 0.481 e. The van der Waals surface area contributed by atoms with Crippen molar-refractivity contribution in [1.82, 2.24) is 9.97 Å². The Hall–Kier alpha value is -2.54. The zero-order valence-corrected chi connectivity index (χ0v) is 8.71. The van der Waals surface area contributed by atoms with Crippen LogP contribution in [0.3, 0.4) is 0 Å². The molecule has 0 aliphatic heterocycles. The van der Waals surface area contributed by atoms with E-state index in [0.29, 0.717) is 11.7 Å². The average Bonchev–Trinajstić information content (AvgIpc) is 2.28. The highest BCUT2D eigenvalue weighted by Gasteiger charge is 2.10. The Kier molecular flexibility index (Phi) is 3.87. The Morgan fingerprint density at radius 1 is 1.38 bits per heavy atom. The van der Waals surface area contributed by atoms with Gasteiger partial charge in [0.2, 0.25) is 11.8 Å². The summed E-state index contributed by atoms with van der Waals surface area (Å²) < 4.78 is 4.92. The van der Waals surface area contributed by atoms with Gasteiger partial charge in [-0.1, -0.05) is 0 Å². The minimum absolute atomic E-state index is 0.0372. The maximum absolute atomic E-state index is 8.61. The molecule has 0 saturated heterocycles. The van der Waals surface area contributed by atoms with Gasteiger partial charge in [0.1, 0.15) is 18.9 Å². The fraction of sp³-hybridized carbons (Fsp3) is 0.333. The van der Waals surface area contributed by atoms with Crippen LogP contribution in [-0.4, -0.2) is 30.2 Å². The van der Waals surface area contributed by atoms with E-state index in [2.05, 4.69) is 9.97 Å². The van der Waals surface area contributed by atoms with Crippen molar-refractivity contribution in [3.8, 4) is 18.0 Å². The molecule has 0 bridgehead atoms. The van der Waals surface area contributed by atoms with Gasteiger partial charge in [-0.2, -0.15) is 20.5 Å². The third-order valence-corrected chi connectivity index (χ3v) is 1.76. The van der Waals surface area contributed by atoms with Gasteiger partial charge < -0.3 is 15.4 Å². The van der Waals surface area contributed by atoms with Crippen molar-refractivity contribution in [3.05, 3.63) is 6.07 Å². The quantitative estimate of drug-likeness (QED) is 0.703. The fourth-order valence-corrected chi connectivity index (χ4v) is 1.09. The summed E-state index contributed by atoms with van der Waals surface area (Å²) in [5, 5.41) is 17.2. The summed E-state index contributed by atoms with van der Waals surface area (Å²) in [6.45, 7) is 0.0976. The van der Waals surface area contributed by atoms with E-state index < -0.39 is 0 Å². The number of methoxy groups -OCH3 is 1. The lowest BCUT2D eigenvalue weighted by molar-refractivity contribution is 0.397. The molecule has 7 heteroatoms. The molecule has 0 aliphatic carbocycles. The lowest BCUT2D eigenvalue weighted by Gasteiger charge is -2.17. The average molecular weight is 218 g/mol. The molecule has 0 unspecified atom stereocenters. The van der Waals surface area contributed by atoms with Gasteiger partial charge in [-0.15, -0.1) is 0 Å². The van der Waals surface area contributed by atoms with Crippen molar-refractivity contribution >= 4 is 11.8 Å². The van der Waals surface area contributed by atoms with Crippen LogP contribution in [0.5, 0.6) is 5.88 Å². The Balaban J connectivity index is 3.04. The van der Waals surface area contributed by atoms with Crippen molar-refractivity contribution in [2.75, 3.05) is 30.8 Å². The van der Waals surface area contributed by atoms with Gasteiger partial charge in [-0.3, -0.25) is 0 Å². The topological polar surface area (TPSA) is 112 Å². The normalized spacial score (nSPS) is 8.94. The monoisotopic (exact) mass is 218 g/mol. The van der Waals surface area contributed by atoms with Gasteiger partial charge in [-0.25, -0.2) is 0 Å². The van der Waals surface area contributed by atoms with Gasteiger partial charge >= 0.3 is 0 Å². The Morgan fingerprint density at radius 3 is 2.50 bits per heavy atom. The summed E-state index contributed by atoms with van der Waals surface area (Å²) in [6, 6.07) is 5.40. The molecule has 1 aromatic heterocycles. The van der Waals surface area contributed by atoms with E-state index in [1.54, 1.807) is 0 Å². The second-order valence-corrected chi connectivity index (χ2v) is 2.80. The molecule has 82 valence electrons. The maximum atomic E-state index is 8.61. The van der Waals surface area contributed by atoms with E-state index in [1.165, 1.54) is 18.1 Å². The molecular formula is C9H10N6O. The minimum Gasteiger partial charge on any atom is -0.481 e. The number of hydrogen-bond donors (Lipinski definition) is 1. The molecule has 7 nitrogen and oxygen atoms in total. The number of hydrogen-bond acceptors (Lipinski definition) is 7. The number of rotatable bonds is 4. The zero-order chi connectivity index (χ0) is 12.0. The molecule has 1 rings (SSSR count). The highest BCUT2D eigenvalue weighted by molar-refractivity contribution is 5.47. The van der Waals surface area contributed by atoms with E-state index >= 15 is 0 Å². The number of nitrogens with zero attached hydrogens (tertiary/aromatic N) is 5. The highest BCUT2D eigenvalue weighted by atomic mass is 16.5. The van der Waals surface area contributed by atoms with Crippen LogP contribution < -0.4 is 15.4 Å². The third kappa shape index (κ3) is 2.72. The first-order chi connectivity index (χ1) is 7.71. The Labute approximate surface area is 92.7 Å². The predicted octanol–water partition coefficient (Wildman–Crippen LogP) is -0.0790. The van der Waals surface area contributed by atoms with Gasteiger partial charge in [-0.05, 0) is 0 Å². The molecule has 0 atom stereocenters. The maximum Gasteiger partial charge on any atom is 0.225 e. The standard InChI is InChI=1S/C9H10N6O/c1-16-8-6-7(13-9(12)14-8)15(4-2-10)5-3-11/h6H,4-5H2,1H3,(H2,12,13,14). The molecule has 1 aromatic rings. The van der Waals surface area contributed by atoms with Crippen molar-refractivity contribution in [1.29, 1.82) is 10.5 Å². The van der Waals surface area contributed by atoms with Crippen molar-refractivity contribution in [2.24, 2.45) is 0 Å². The molecule has 0 aliphatic rings. The molecule has 0 amide bonds. The predicted molar refractivity (Wildman–Crippen MR) is 56.4 cm³/mol. The summed E-state index contributed by atoms with van der Waals surface area (Å²) >= 11 is 0. The smallest absolute Gasteiger partial charge is 0.225 e. The summed E-state index contributed by atoms with van der Waals surface area (Å²) in [4.78, 5) is 9.21. The van der Waals surface area contributed by atoms with Crippen molar-refractivity contribution < 1.29 is 4.74 Å². The first-order valence-corrected chi connectivity index (χ1v) is 4.38. The van der Waals surface area contributed by atoms with E-state index in [0.717, 1.165) is 0 Å². The molecule has 2 N–H and O–H groups in total. The number of anilines is 2. The van der Waals surface area contributed by atoms with E-state index in [9.17, 15) is 0 Å². The second kappa shape index (κ2) is 5.37. The van der Waals surface area contributed by atoms with Crippen LogP contribution in [0, 0.1) is 22.7 Å². The van der Waals surface area contributed by atoms with E-state index in [1.807, 2.05) is 12.1 Å². The second-order valence-electron chi connectivity index (χ2n) is 2.80. The number of aromatic nitrogens is 2. The third-order valence-electron chi connectivity index (χ3n) is 1.76. The van der Waals surface area contributed by atoms with Gasteiger partial charge in [0.15, 0.2) is 0 Å². The van der Waals surface area contributed by atoms with Crippen LogP contribution >= 0.6 is 0 Å². The molecular weight excluding hydrogens is 208 g/mol. The van der Waals surface area contributed by atoms with Gasteiger partial charge in [0, 0.05) is 6.07 Å². The van der Waals surface area contributed by atoms with Crippen LogP contribution in [0.25, 0.3) is 0 Å². The first kappa shape index (κ1) is 11.5. The Morgan fingerprint density at radius 2 is 2.00 bits per heavy atom. The molecule has 16 heavy (non-hydrogen) atoms. The van der Waals surface area contributed by atoms with Gasteiger partial charge in [0.25, 0.3) is 0 Å². The van der Waals surface area contributed by atoms with E-state index in [4.69, 9.17) is 21.0 Å². The fourth-order valence-electron chi connectivity index (χ4n) is 1.09. The molecule has 1 heterocycles. The number of nitriles is 2. The molecule has 0 saturated carbocycles. The summed E-state index contributed by atoms with van der Waals surface area (Å²) in [5.41, 5.74) is 5.47. The van der Waals surface area contributed by atoms with Crippen LogP contribution in [0.4, 0.5) is 11.8 Å². The first-order valence-electron chi connectivity index (χ1n) is 4.38. The molecule has 0 radical (unpaired) electrons. The lowest BCUT2D eigenvalue weighted by Crippen LogP contribution is -2.25.